The number of benzene rings is 1. The molecule has 0 amide bonds. The summed E-state index contributed by atoms with van der Waals surface area (Å²) in [6, 6.07) is 5.77. The van der Waals surface area contributed by atoms with Crippen LogP contribution < -0.4 is 11.3 Å². The minimum atomic E-state index is -0.573. The van der Waals surface area contributed by atoms with Crippen molar-refractivity contribution in [3.05, 3.63) is 73.8 Å². The number of hydrogen-bond acceptors (Lipinski definition) is 6. The lowest BCUT2D eigenvalue weighted by Gasteiger charge is -2.03. The van der Waals surface area contributed by atoms with Crippen LogP contribution in [0.3, 0.4) is 0 Å². The van der Waals surface area contributed by atoms with Crippen LogP contribution in [0.2, 0.25) is 5.02 Å². The second kappa shape index (κ2) is 7.08. The van der Waals surface area contributed by atoms with Crippen LogP contribution in [0.4, 0.5) is 0 Å². The monoisotopic (exact) mass is 400 g/mol. The molecule has 3 heterocycles. The van der Waals surface area contributed by atoms with E-state index in [1.807, 2.05) is 25.1 Å². The maximum atomic E-state index is 12.6. The van der Waals surface area contributed by atoms with Crippen molar-refractivity contribution in [2.75, 3.05) is 0 Å². The maximum Gasteiger partial charge on any atom is 0.437 e. The highest BCUT2D eigenvalue weighted by Gasteiger charge is 2.13. The van der Waals surface area contributed by atoms with Gasteiger partial charge < -0.3 is 8.98 Å². The van der Waals surface area contributed by atoms with Gasteiger partial charge in [0.1, 0.15) is 12.9 Å². The molecule has 0 atom stereocenters. The van der Waals surface area contributed by atoms with Gasteiger partial charge in [0, 0.05) is 12.1 Å². The van der Waals surface area contributed by atoms with Crippen LogP contribution in [0, 0.1) is 6.92 Å². The molecule has 4 rings (SSSR count). The lowest BCUT2D eigenvalue weighted by atomic mass is 10.1. The molecule has 28 heavy (non-hydrogen) atoms. The summed E-state index contributed by atoms with van der Waals surface area (Å²) in [7, 11) is 1.72. The van der Waals surface area contributed by atoms with Crippen LogP contribution in [0.5, 0.6) is 0 Å². The van der Waals surface area contributed by atoms with Crippen LogP contribution in [-0.4, -0.2) is 28.9 Å². The predicted octanol–water partition coefficient (Wildman–Crippen LogP) is 1.53. The lowest BCUT2D eigenvalue weighted by Crippen LogP contribution is -2.22. The van der Waals surface area contributed by atoms with E-state index in [-0.39, 0.29) is 18.0 Å². The number of imidazole rings is 1. The van der Waals surface area contributed by atoms with Gasteiger partial charge in [0.2, 0.25) is 5.89 Å². The highest BCUT2D eigenvalue weighted by Crippen LogP contribution is 2.17. The number of aryl methyl sites for hydroxylation is 4. The molecule has 0 aliphatic heterocycles. The van der Waals surface area contributed by atoms with Crippen molar-refractivity contribution in [1.29, 1.82) is 0 Å². The Hall–Kier alpha value is -3.20. The van der Waals surface area contributed by atoms with E-state index in [2.05, 4.69) is 15.1 Å². The van der Waals surface area contributed by atoms with Crippen molar-refractivity contribution in [3.8, 4) is 0 Å². The highest BCUT2D eigenvalue weighted by molar-refractivity contribution is 6.31. The van der Waals surface area contributed by atoms with Crippen LogP contribution in [-0.2, 0) is 26.6 Å². The summed E-state index contributed by atoms with van der Waals surface area (Å²) < 4.78 is 9.36. The summed E-state index contributed by atoms with van der Waals surface area (Å²) in [5.74, 6) is -0.437. The van der Waals surface area contributed by atoms with Gasteiger partial charge in [-0.25, -0.2) is 14.8 Å². The molecule has 0 aliphatic carbocycles. The summed E-state index contributed by atoms with van der Waals surface area (Å²) in [5.41, 5.74) is 2.45. The molecule has 0 spiro atoms. The van der Waals surface area contributed by atoms with E-state index in [1.54, 1.807) is 11.6 Å². The average molecular weight is 401 g/mol. The quantitative estimate of drug-likeness (QED) is 0.503. The fourth-order valence-electron chi connectivity index (χ4n) is 2.91. The largest absolute Gasteiger partial charge is 0.437 e. The van der Waals surface area contributed by atoms with Gasteiger partial charge in [0.25, 0.3) is 5.56 Å². The summed E-state index contributed by atoms with van der Waals surface area (Å²) in [6.07, 6.45) is 3.47. The molecule has 0 unspecified atom stereocenters. The third-order valence-corrected chi connectivity index (χ3v) is 4.91. The first-order valence-corrected chi connectivity index (χ1v) is 8.98. The number of halogens is 1. The van der Waals surface area contributed by atoms with Gasteiger partial charge in [0.05, 0.1) is 12.9 Å². The molecule has 0 saturated heterocycles. The Morgan fingerprint density at radius 2 is 1.96 bits per heavy atom. The Morgan fingerprint density at radius 1 is 1.18 bits per heavy atom. The molecule has 0 aliphatic rings. The Labute approximate surface area is 163 Å². The van der Waals surface area contributed by atoms with Gasteiger partial charge >= 0.3 is 5.76 Å². The molecule has 10 heteroatoms. The Kier molecular flexibility index (Phi) is 4.60. The Morgan fingerprint density at radius 3 is 2.75 bits per heavy atom. The average Bonchev–Trinajstić information content (AvgIpc) is 3.21. The van der Waals surface area contributed by atoms with Crippen molar-refractivity contribution in [1.82, 2.24) is 28.9 Å². The molecule has 1 aromatic carbocycles. The normalized spacial score (nSPS) is 11.4. The molecule has 0 bridgehead atoms. The number of fused-ring (bicyclic) bond motifs is 1. The predicted molar refractivity (Wildman–Crippen MR) is 103 cm³/mol. The number of hydrogen-bond donors (Lipinski definition) is 0. The fourth-order valence-corrected chi connectivity index (χ4v) is 3.11. The van der Waals surface area contributed by atoms with Crippen molar-refractivity contribution in [2.45, 2.75) is 26.4 Å². The lowest BCUT2D eigenvalue weighted by molar-refractivity contribution is 0.434. The number of rotatable bonds is 5. The van der Waals surface area contributed by atoms with Gasteiger partial charge in [-0.05, 0) is 30.5 Å². The molecule has 3 aromatic heterocycles. The number of aromatic nitrogens is 6. The molecular weight excluding hydrogens is 384 g/mol. The zero-order valence-electron chi connectivity index (χ0n) is 15.3. The van der Waals surface area contributed by atoms with Crippen molar-refractivity contribution in [3.63, 3.8) is 0 Å². The molecule has 0 fully saturated rings. The second-order valence-corrected chi connectivity index (χ2v) is 6.93. The minimum Gasteiger partial charge on any atom is -0.390 e. The maximum absolute atomic E-state index is 12.6. The first-order valence-electron chi connectivity index (χ1n) is 8.60. The van der Waals surface area contributed by atoms with E-state index in [4.69, 9.17) is 16.0 Å². The minimum absolute atomic E-state index is 0.00551. The van der Waals surface area contributed by atoms with Gasteiger partial charge in [-0.2, -0.15) is 4.68 Å². The van der Waals surface area contributed by atoms with Gasteiger partial charge in [-0.1, -0.05) is 23.7 Å². The van der Waals surface area contributed by atoms with Gasteiger partial charge in [0.15, 0.2) is 11.2 Å². The molecule has 0 N–H and O–H groups in total. The SMILES string of the molecule is Cc1ccc(CCn2nc(Cn3cnc4ncn(C)c4c3=O)oc2=O)cc1Cl. The molecule has 4 aromatic rings. The zero-order valence-corrected chi connectivity index (χ0v) is 16.0. The smallest absolute Gasteiger partial charge is 0.390 e. The van der Waals surface area contributed by atoms with Crippen LogP contribution >= 0.6 is 11.6 Å². The van der Waals surface area contributed by atoms with E-state index >= 15 is 0 Å². The number of nitrogens with zero attached hydrogens (tertiary/aromatic N) is 6. The summed E-state index contributed by atoms with van der Waals surface area (Å²) in [6.45, 7) is 2.28. The summed E-state index contributed by atoms with van der Waals surface area (Å²) in [4.78, 5) is 32.8. The van der Waals surface area contributed by atoms with Crippen LogP contribution in [0.1, 0.15) is 17.0 Å². The van der Waals surface area contributed by atoms with E-state index in [0.717, 1.165) is 11.1 Å². The zero-order chi connectivity index (χ0) is 19.8. The third kappa shape index (κ3) is 3.36. The van der Waals surface area contributed by atoms with Crippen molar-refractivity contribution in [2.24, 2.45) is 7.05 Å². The van der Waals surface area contributed by atoms with Crippen LogP contribution in [0.25, 0.3) is 11.2 Å². The van der Waals surface area contributed by atoms with Gasteiger partial charge in [-0.3, -0.25) is 9.36 Å². The van der Waals surface area contributed by atoms with E-state index in [1.165, 1.54) is 21.9 Å². The van der Waals surface area contributed by atoms with Crippen molar-refractivity contribution < 1.29 is 4.42 Å². The van der Waals surface area contributed by atoms with Gasteiger partial charge in [-0.15, -0.1) is 5.10 Å². The molecule has 0 saturated carbocycles. The standard InChI is InChI=1S/C18H17ClN6O3/c1-11-3-4-12(7-13(11)19)5-6-25-18(27)28-14(22-25)8-24-10-21-16-15(17(24)26)23(2)9-20-16/h3-4,7,9-10H,5-6,8H2,1-2H3. The fraction of sp³-hybridized carbons (Fsp3) is 0.278. The summed E-state index contributed by atoms with van der Waals surface area (Å²) >= 11 is 6.13. The molecule has 9 nitrogen and oxygen atoms in total. The van der Waals surface area contributed by atoms with Crippen LogP contribution in [0.15, 0.2) is 44.9 Å². The van der Waals surface area contributed by atoms with E-state index < -0.39 is 5.76 Å². The first kappa shape index (κ1) is 18.2. The Bertz CT molecular complexity index is 1280. The topological polar surface area (TPSA) is 101 Å². The summed E-state index contributed by atoms with van der Waals surface area (Å²) in [5, 5.41) is 4.87. The molecular formula is C18H17ClN6O3. The van der Waals surface area contributed by atoms with E-state index in [0.29, 0.717) is 29.2 Å². The Balaban J connectivity index is 1.54. The molecule has 144 valence electrons. The first-order chi connectivity index (χ1) is 13.4. The van der Waals surface area contributed by atoms with Crippen molar-refractivity contribution >= 4 is 22.8 Å². The highest BCUT2D eigenvalue weighted by atomic mass is 35.5. The van der Waals surface area contributed by atoms with E-state index in [9.17, 15) is 9.59 Å². The third-order valence-electron chi connectivity index (χ3n) is 4.50. The molecule has 0 radical (unpaired) electrons. The second-order valence-electron chi connectivity index (χ2n) is 6.52.